The first-order valence-corrected chi connectivity index (χ1v) is 7.17. The zero-order valence-electron chi connectivity index (χ0n) is 10.2. The highest BCUT2D eigenvalue weighted by Crippen LogP contribution is 2.40. The van der Waals surface area contributed by atoms with Crippen LogP contribution in [0.5, 0.6) is 0 Å². The molecule has 2 N–H and O–H groups in total. The number of carbonyl (C=O) groups excluding carboxylic acids is 2. The quantitative estimate of drug-likeness (QED) is 0.857. The molecule has 0 unspecified atom stereocenters. The van der Waals surface area contributed by atoms with Gasteiger partial charge in [0.1, 0.15) is 0 Å². The molecule has 1 aliphatic heterocycles. The first-order chi connectivity index (χ1) is 9.50. The highest BCUT2D eigenvalue weighted by Gasteiger charge is 2.47. The maximum atomic E-state index is 12.1. The minimum Gasteiger partial charge on any atom is -0.375 e. The summed E-state index contributed by atoms with van der Waals surface area (Å²) in [7, 11) is 0. The number of carbonyl (C=O) groups is 2. The molecule has 0 fully saturated rings. The van der Waals surface area contributed by atoms with Crippen molar-refractivity contribution in [2.45, 2.75) is 12.0 Å². The van der Waals surface area contributed by atoms with Crippen molar-refractivity contribution >= 4 is 40.3 Å². The van der Waals surface area contributed by atoms with Crippen molar-refractivity contribution in [1.29, 1.82) is 0 Å². The van der Waals surface area contributed by atoms with Crippen LogP contribution in [0.2, 0.25) is 5.02 Å². The van der Waals surface area contributed by atoms with E-state index in [9.17, 15) is 14.7 Å². The van der Waals surface area contributed by atoms with E-state index in [0.29, 0.717) is 21.2 Å². The predicted octanol–water partition coefficient (Wildman–Crippen LogP) is 2.81. The summed E-state index contributed by atoms with van der Waals surface area (Å²) >= 11 is 7.18. The van der Waals surface area contributed by atoms with E-state index in [2.05, 4.69) is 5.32 Å². The summed E-state index contributed by atoms with van der Waals surface area (Å²) in [5, 5.41) is 15.4. The van der Waals surface area contributed by atoms with Gasteiger partial charge in [0.05, 0.1) is 11.3 Å². The van der Waals surface area contributed by atoms with E-state index in [0.717, 1.165) is 0 Å². The number of aliphatic hydroxyl groups is 1. The first-order valence-electron chi connectivity index (χ1n) is 5.91. The molecule has 2 heterocycles. The zero-order valence-corrected chi connectivity index (χ0v) is 11.8. The number of thiophene rings is 1. The second-order valence-corrected chi connectivity index (χ2v) is 5.97. The van der Waals surface area contributed by atoms with Crippen molar-refractivity contribution < 1.29 is 14.7 Å². The molecule has 1 aromatic carbocycles. The fraction of sp³-hybridized carbons (Fsp3) is 0.143. The number of benzene rings is 1. The van der Waals surface area contributed by atoms with Crippen LogP contribution in [0.3, 0.4) is 0 Å². The van der Waals surface area contributed by atoms with Crippen LogP contribution in [-0.4, -0.2) is 16.8 Å². The number of anilines is 1. The molecular formula is C14H10ClNO3S. The Kier molecular flexibility index (Phi) is 3.12. The van der Waals surface area contributed by atoms with E-state index in [1.165, 1.54) is 17.4 Å². The van der Waals surface area contributed by atoms with E-state index in [4.69, 9.17) is 11.6 Å². The number of nitrogens with one attached hydrogen (secondary N) is 1. The molecular weight excluding hydrogens is 298 g/mol. The number of rotatable bonds is 3. The maximum Gasteiger partial charge on any atom is 0.261 e. The highest BCUT2D eigenvalue weighted by molar-refractivity contribution is 7.12. The smallest absolute Gasteiger partial charge is 0.261 e. The molecule has 0 aliphatic carbocycles. The van der Waals surface area contributed by atoms with Gasteiger partial charge in [0, 0.05) is 16.3 Å². The van der Waals surface area contributed by atoms with Gasteiger partial charge in [-0.15, -0.1) is 11.3 Å². The lowest BCUT2D eigenvalue weighted by atomic mass is 9.89. The van der Waals surface area contributed by atoms with Crippen LogP contribution in [0.4, 0.5) is 5.69 Å². The second kappa shape index (κ2) is 4.70. The van der Waals surface area contributed by atoms with Gasteiger partial charge in [0.15, 0.2) is 11.4 Å². The summed E-state index contributed by atoms with van der Waals surface area (Å²) in [5.41, 5.74) is -1.03. The van der Waals surface area contributed by atoms with Gasteiger partial charge in [-0.2, -0.15) is 0 Å². The maximum absolute atomic E-state index is 12.1. The van der Waals surface area contributed by atoms with Gasteiger partial charge in [-0.05, 0) is 29.6 Å². The average molecular weight is 308 g/mol. The van der Waals surface area contributed by atoms with E-state index >= 15 is 0 Å². The SMILES string of the molecule is O=C(C[C@@]1(O)C(=O)Nc2ccc(Cl)cc21)c1cccs1. The Bertz CT molecular complexity index is 698. The Labute approximate surface area is 124 Å². The second-order valence-electron chi connectivity index (χ2n) is 4.58. The Morgan fingerprint density at radius 3 is 2.90 bits per heavy atom. The first kappa shape index (κ1) is 13.3. The van der Waals surface area contributed by atoms with Crippen molar-refractivity contribution in [3.05, 3.63) is 51.2 Å². The topological polar surface area (TPSA) is 66.4 Å². The summed E-state index contributed by atoms with van der Waals surface area (Å²) in [6.07, 6.45) is -0.299. The number of ketones is 1. The summed E-state index contributed by atoms with van der Waals surface area (Å²) < 4.78 is 0. The van der Waals surface area contributed by atoms with Gasteiger partial charge in [-0.25, -0.2) is 0 Å². The third-order valence-electron chi connectivity index (χ3n) is 3.26. The Morgan fingerprint density at radius 1 is 1.40 bits per heavy atom. The Hall–Kier alpha value is -1.69. The standard InChI is InChI=1S/C14H10ClNO3S/c15-8-3-4-10-9(6-8)14(19,13(18)16-10)7-11(17)12-2-1-5-20-12/h1-6,19H,7H2,(H,16,18)/t14-/m0/s1. The number of hydrogen-bond acceptors (Lipinski definition) is 4. The fourth-order valence-electron chi connectivity index (χ4n) is 2.25. The third kappa shape index (κ3) is 2.04. The molecule has 0 saturated carbocycles. The van der Waals surface area contributed by atoms with Gasteiger partial charge < -0.3 is 10.4 Å². The van der Waals surface area contributed by atoms with Crippen LogP contribution in [-0.2, 0) is 10.4 Å². The molecule has 1 amide bonds. The van der Waals surface area contributed by atoms with E-state index in [-0.39, 0.29) is 12.2 Å². The molecule has 2 aromatic rings. The molecule has 3 rings (SSSR count). The normalized spacial score (nSPS) is 20.6. The fourth-order valence-corrected chi connectivity index (χ4v) is 3.08. The summed E-state index contributed by atoms with van der Waals surface area (Å²) in [6, 6.07) is 8.16. The lowest BCUT2D eigenvalue weighted by molar-refractivity contribution is -0.133. The van der Waals surface area contributed by atoms with E-state index in [1.807, 2.05) is 0 Å². The third-order valence-corrected chi connectivity index (χ3v) is 4.41. The van der Waals surface area contributed by atoms with Gasteiger partial charge in [0.25, 0.3) is 5.91 Å². The van der Waals surface area contributed by atoms with E-state index < -0.39 is 11.5 Å². The summed E-state index contributed by atoms with van der Waals surface area (Å²) in [4.78, 5) is 24.7. The molecule has 0 bridgehead atoms. The molecule has 0 radical (unpaired) electrons. The average Bonchev–Trinajstić information content (AvgIpc) is 3.00. The molecule has 1 aliphatic rings. The van der Waals surface area contributed by atoms with Gasteiger partial charge >= 0.3 is 0 Å². The minimum atomic E-state index is -1.86. The summed E-state index contributed by atoms with van der Waals surface area (Å²) in [5.74, 6) is -0.870. The van der Waals surface area contributed by atoms with Gasteiger partial charge in [-0.1, -0.05) is 17.7 Å². The number of fused-ring (bicyclic) bond motifs is 1. The van der Waals surface area contributed by atoms with Crippen LogP contribution in [0, 0.1) is 0 Å². The van der Waals surface area contributed by atoms with Crippen LogP contribution in [0.25, 0.3) is 0 Å². The number of halogens is 1. The van der Waals surface area contributed by atoms with Crippen LogP contribution < -0.4 is 5.32 Å². The molecule has 0 spiro atoms. The Balaban J connectivity index is 1.98. The largest absolute Gasteiger partial charge is 0.375 e. The highest BCUT2D eigenvalue weighted by atomic mass is 35.5. The molecule has 1 aromatic heterocycles. The van der Waals surface area contributed by atoms with Crippen LogP contribution in [0.15, 0.2) is 35.7 Å². The number of amides is 1. The molecule has 6 heteroatoms. The molecule has 102 valence electrons. The van der Waals surface area contributed by atoms with Crippen molar-refractivity contribution in [1.82, 2.24) is 0 Å². The van der Waals surface area contributed by atoms with E-state index in [1.54, 1.807) is 29.6 Å². The van der Waals surface area contributed by atoms with Gasteiger partial charge in [-0.3, -0.25) is 9.59 Å². The zero-order chi connectivity index (χ0) is 14.3. The number of hydrogen-bond donors (Lipinski definition) is 2. The van der Waals surface area contributed by atoms with Crippen molar-refractivity contribution in [3.63, 3.8) is 0 Å². The van der Waals surface area contributed by atoms with Crippen LogP contribution in [0.1, 0.15) is 21.7 Å². The van der Waals surface area contributed by atoms with Crippen molar-refractivity contribution in [2.24, 2.45) is 0 Å². The Morgan fingerprint density at radius 2 is 2.20 bits per heavy atom. The van der Waals surface area contributed by atoms with Crippen LogP contribution >= 0.6 is 22.9 Å². The van der Waals surface area contributed by atoms with Crippen molar-refractivity contribution in [3.8, 4) is 0 Å². The molecule has 20 heavy (non-hydrogen) atoms. The monoisotopic (exact) mass is 307 g/mol. The molecule has 4 nitrogen and oxygen atoms in total. The number of Topliss-reactive ketones (excluding diaryl/α,β-unsaturated/α-hetero) is 1. The molecule has 1 atom stereocenters. The lowest BCUT2D eigenvalue weighted by Crippen LogP contribution is -2.36. The predicted molar refractivity (Wildman–Crippen MR) is 77.2 cm³/mol. The van der Waals surface area contributed by atoms with Crippen molar-refractivity contribution in [2.75, 3.05) is 5.32 Å². The summed E-state index contributed by atoms with van der Waals surface area (Å²) in [6.45, 7) is 0. The minimum absolute atomic E-state index is 0.273. The van der Waals surface area contributed by atoms with Gasteiger partial charge in [0.2, 0.25) is 0 Å². The lowest BCUT2D eigenvalue weighted by Gasteiger charge is -2.19. The molecule has 0 saturated heterocycles.